The Balaban J connectivity index is 1.58. The van der Waals surface area contributed by atoms with E-state index in [1.807, 2.05) is 0 Å². The Hall–Kier alpha value is -1.95. The van der Waals surface area contributed by atoms with Crippen LogP contribution in [-0.2, 0) is 4.79 Å². The van der Waals surface area contributed by atoms with Crippen LogP contribution in [0.2, 0.25) is 0 Å². The Morgan fingerprint density at radius 1 is 1.28 bits per heavy atom. The normalized spacial score (nSPS) is 28.9. The lowest BCUT2D eigenvalue weighted by atomic mass is 9.60. The van der Waals surface area contributed by atoms with E-state index in [0.29, 0.717) is 44.8 Å². The topological polar surface area (TPSA) is 102 Å². The molecule has 2 saturated heterocycles. The highest BCUT2D eigenvalue weighted by molar-refractivity contribution is 5.81. The van der Waals surface area contributed by atoms with Gasteiger partial charge in [-0.1, -0.05) is 0 Å². The molecule has 4 aliphatic rings. The molecule has 9 heteroatoms. The number of rotatable bonds is 6. The third-order valence-corrected chi connectivity index (χ3v) is 7.19. The summed E-state index contributed by atoms with van der Waals surface area (Å²) in [5.74, 6) is -4.29. The lowest BCUT2D eigenvalue weighted by Crippen LogP contribution is -2.72. The number of hydrogen-bond acceptors (Lipinski definition) is 4. The van der Waals surface area contributed by atoms with E-state index >= 15 is 0 Å². The SMILES string of the molecule is CC(F)(F)C[C@H](C(=O)NC1(C#N)CC1)C1N(C2CC2)CC12CCN(C(N)=O)CC2. The molecule has 4 rings (SSSR count). The zero-order valence-corrected chi connectivity index (χ0v) is 16.8. The van der Waals surface area contributed by atoms with Gasteiger partial charge in [0.15, 0.2) is 0 Å². The molecular weight excluding hydrogens is 380 g/mol. The maximum Gasteiger partial charge on any atom is 0.314 e. The standard InChI is InChI=1S/C20H29F2N5O2/c1-18(21,22)10-14(16(28)25-20(11-23)4-5-20)15-19(12-27(15)13-2-3-13)6-8-26(9-7-19)17(24)29/h13-15H,2-10,12H2,1H3,(H2,24,29)(H,25,28)/t14-,15?/m0/s1. The van der Waals surface area contributed by atoms with Gasteiger partial charge >= 0.3 is 6.03 Å². The molecule has 0 bridgehead atoms. The van der Waals surface area contributed by atoms with Crippen LogP contribution in [0.4, 0.5) is 13.6 Å². The predicted molar refractivity (Wildman–Crippen MR) is 101 cm³/mol. The number of nitrogens with zero attached hydrogens (tertiary/aromatic N) is 3. The van der Waals surface area contributed by atoms with Gasteiger partial charge in [0.25, 0.3) is 0 Å². The Bertz CT molecular complexity index is 730. The Labute approximate surface area is 169 Å². The van der Waals surface area contributed by atoms with E-state index in [4.69, 9.17) is 5.73 Å². The number of piperidine rings is 1. The Morgan fingerprint density at radius 3 is 2.34 bits per heavy atom. The van der Waals surface area contributed by atoms with Crippen LogP contribution in [0.5, 0.6) is 0 Å². The summed E-state index contributed by atoms with van der Waals surface area (Å²) in [5.41, 5.74) is 4.26. The fraction of sp³-hybridized carbons (Fsp3) is 0.850. The van der Waals surface area contributed by atoms with Crippen molar-refractivity contribution in [3.05, 3.63) is 0 Å². The van der Waals surface area contributed by atoms with Crippen LogP contribution in [-0.4, -0.2) is 64.9 Å². The van der Waals surface area contributed by atoms with E-state index in [9.17, 15) is 23.6 Å². The quantitative estimate of drug-likeness (QED) is 0.699. The Kier molecular flexibility index (Phi) is 4.76. The number of alkyl halides is 2. The van der Waals surface area contributed by atoms with Gasteiger partial charge in [-0.15, -0.1) is 0 Å². The van der Waals surface area contributed by atoms with Gasteiger partial charge in [-0.25, -0.2) is 13.6 Å². The van der Waals surface area contributed by atoms with Gasteiger partial charge in [0.1, 0.15) is 5.54 Å². The number of urea groups is 1. The first-order valence-electron chi connectivity index (χ1n) is 10.5. The number of nitriles is 1. The van der Waals surface area contributed by atoms with Crippen LogP contribution in [0.1, 0.15) is 51.9 Å². The van der Waals surface area contributed by atoms with Crippen molar-refractivity contribution in [1.29, 1.82) is 5.26 Å². The van der Waals surface area contributed by atoms with Crippen molar-refractivity contribution < 1.29 is 18.4 Å². The van der Waals surface area contributed by atoms with Crippen molar-refractivity contribution in [2.45, 2.75) is 75.4 Å². The van der Waals surface area contributed by atoms with Crippen molar-refractivity contribution in [1.82, 2.24) is 15.1 Å². The van der Waals surface area contributed by atoms with Gasteiger partial charge in [0.05, 0.1) is 12.0 Å². The maximum atomic E-state index is 14.1. The zero-order chi connectivity index (χ0) is 21.0. The molecule has 160 valence electrons. The summed E-state index contributed by atoms with van der Waals surface area (Å²) >= 11 is 0. The molecule has 7 nitrogen and oxygen atoms in total. The second-order valence-corrected chi connectivity index (χ2v) is 9.60. The number of primary amides is 1. The summed E-state index contributed by atoms with van der Waals surface area (Å²) in [7, 11) is 0. The molecule has 2 aliphatic carbocycles. The van der Waals surface area contributed by atoms with Crippen LogP contribution in [0.3, 0.4) is 0 Å². The first-order valence-corrected chi connectivity index (χ1v) is 10.5. The number of hydrogen-bond donors (Lipinski definition) is 2. The second kappa shape index (κ2) is 6.79. The molecule has 1 spiro atoms. The Morgan fingerprint density at radius 2 is 1.90 bits per heavy atom. The maximum absolute atomic E-state index is 14.1. The van der Waals surface area contributed by atoms with Crippen LogP contribution in [0, 0.1) is 22.7 Å². The first kappa shape index (κ1) is 20.3. The van der Waals surface area contributed by atoms with Gasteiger partial charge in [-0.2, -0.15) is 5.26 Å². The van der Waals surface area contributed by atoms with Crippen molar-refractivity contribution in [2.24, 2.45) is 17.1 Å². The molecule has 2 aliphatic heterocycles. The molecular formula is C20H29F2N5O2. The van der Waals surface area contributed by atoms with Crippen molar-refractivity contribution in [2.75, 3.05) is 19.6 Å². The predicted octanol–water partition coefficient (Wildman–Crippen LogP) is 1.83. The number of carbonyl (C=O) groups is 2. The molecule has 1 unspecified atom stereocenters. The highest BCUT2D eigenvalue weighted by Gasteiger charge is 2.62. The minimum Gasteiger partial charge on any atom is -0.351 e. The van der Waals surface area contributed by atoms with Crippen molar-refractivity contribution in [3.63, 3.8) is 0 Å². The second-order valence-electron chi connectivity index (χ2n) is 9.60. The molecule has 3 N–H and O–H groups in total. The van der Waals surface area contributed by atoms with Crippen LogP contribution in [0.25, 0.3) is 0 Å². The molecule has 0 radical (unpaired) electrons. The summed E-state index contributed by atoms with van der Waals surface area (Å²) in [5, 5.41) is 12.1. The summed E-state index contributed by atoms with van der Waals surface area (Å²) in [6.07, 6.45) is 3.98. The number of likely N-dealkylation sites (tertiary alicyclic amines) is 2. The van der Waals surface area contributed by atoms with Crippen molar-refractivity contribution >= 4 is 11.9 Å². The lowest BCUT2D eigenvalue weighted by Gasteiger charge is -2.63. The summed E-state index contributed by atoms with van der Waals surface area (Å²) in [6.45, 7) is 2.61. The van der Waals surface area contributed by atoms with Gasteiger partial charge in [-0.3, -0.25) is 9.69 Å². The smallest absolute Gasteiger partial charge is 0.314 e. The van der Waals surface area contributed by atoms with Crippen LogP contribution >= 0.6 is 0 Å². The largest absolute Gasteiger partial charge is 0.351 e. The molecule has 2 atom stereocenters. The minimum absolute atomic E-state index is 0.259. The molecule has 4 fully saturated rings. The monoisotopic (exact) mass is 409 g/mol. The van der Waals surface area contributed by atoms with Gasteiger partial charge < -0.3 is 16.0 Å². The fourth-order valence-electron chi connectivity index (χ4n) is 5.29. The highest BCUT2D eigenvalue weighted by atomic mass is 19.3. The zero-order valence-electron chi connectivity index (χ0n) is 16.8. The summed E-state index contributed by atoms with van der Waals surface area (Å²) in [6, 6.07) is 1.72. The third-order valence-electron chi connectivity index (χ3n) is 7.19. The van der Waals surface area contributed by atoms with Gasteiger partial charge in [-0.05, 0) is 45.4 Å². The van der Waals surface area contributed by atoms with Crippen molar-refractivity contribution in [3.8, 4) is 6.07 Å². The summed E-state index contributed by atoms with van der Waals surface area (Å²) < 4.78 is 28.2. The minimum atomic E-state index is -2.98. The van der Waals surface area contributed by atoms with E-state index in [2.05, 4.69) is 16.3 Å². The molecule has 29 heavy (non-hydrogen) atoms. The molecule has 2 saturated carbocycles. The van der Waals surface area contributed by atoms with Crippen LogP contribution < -0.4 is 11.1 Å². The molecule has 0 aromatic rings. The average Bonchev–Trinajstić information content (AvgIpc) is 3.54. The first-order chi connectivity index (χ1) is 13.6. The van der Waals surface area contributed by atoms with E-state index in [1.54, 1.807) is 4.90 Å². The average molecular weight is 409 g/mol. The molecule has 2 heterocycles. The van der Waals surface area contributed by atoms with Gasteiger partial charge in [0.2, 0.25) is 11.8 Å². The van der Waals surface area contributed by atoms with E-state index in [-0.39, 0.29) is 11.5 Å². The van der Waals surface area contributed by atoms with E-state index in [0.717, 1.165) is 26.3 Å². The number of carbonyl (C=O) groups excluding carboxylic acids is 2. The number of nitrogens with two attached hydrogens (primary N) is 1. The van der Waals surface area contributed by atoms with Gasteiger partial charge in [0, 0.05) is 43.6 Å². The number of nitrogens with one attached hydrogen (secondary N) is 1. The lowest BCUT2D eigenvalue weighted by molar-refractivity contribution is -0.164. The molecule has 0 aromatic heterocycles. The van der Waals surface area contributed by atoms with E-state index in [1.165, 1.54) is 0 Å². The highest BCUT2D eigenvalue weighted by Crippen LogP contribution is 2.54. The fourth-order valence-corrected chi connectivity index (χ4v) is 5.29. The van der Waals surface area contributed by atoms with E-state index < -0.39 is 35.7 Å². The summed E-state index contributed by atoms with van der Waals surface area (Å²) in [4.78, 5) is 28.5. The number of amides is 3. The third kappa shape index (κ3) is 3.91. The molecule has 0 aromatic carbocycles. The number of halogens is 2. The van der Waals surface area contributed by atoms with Crippen LogP contribution in [0.15, 0.2) is 0 Å². The molecule has 3 amide bonds.